The standard InChI is InChI=1S/C20H22ClN3OS/c1-13-16(14-7-9-15(25-2)10-8-14)17-18(22-20(21)23-19(17)26-13)24-11-5-3-4-6-12-24/h7-10H,3-6,11-12H2,1-2H3. The lowest BCUT2D eigenvalue weighted by atomic mass is 10.0. The molecule has 1 aromatic carbocycles. The minimum Gasteiger partial charge on any atom is -0.497 e. The van der Waals surface area contributed by atoms with E-state index >= 15 is 0 Å². The Hall–Kier alpha value is -1.85. The molecule has 4 nitrogen and oxygen atoms in total. The largest absolute Gasteiger partial charge is 0.497 e. The highest BCUT2D eigenvalue weighted by Crippen LogP contribution is 2.42. The van der Waals surface area contributed by atoms with Gasteiger partial charge in [-0.1, -0.05) is 25.0 Å². The summed E-state index contributed by atoms with van der Waals surface area (Å²) in [5.41, 5.74) is 2.38. The second-order valence-corrected chi connectivity index (χ2v) is 8.20. The smallest absolute Gasteiger partial charge is 0.225 e. The number of nitrogens with zero attached hydrogens (tertiary/aromatic N) is 3. The van der Waals surface area contributed by atoms with Crippen molar-refractivity contribution in [1.82, 2.24) is 9.97 Å². The Morgan fingerprint density at radius 3 is 2.38 bits per heavy atom. The Bertz CT molecular complexity index is 915. The Morgan fingerprint density at radius 1 is 1.04 bits per heavy atom. The molecule has 3 heterocycles. The van der Waals surface area contributed by atoms with Crippen molar-refractivity contribution >= 4 is 39.0 Å². The molecular formula is C20H22ClN3OS. The molecule has 1 aliphatic heterocycles. The number of benzene rings is 1. The van der Waals surface area contributed by atoms with Crippen LogP contribution in [0.15, 0.2) is 24.3 Å². The third kappa shape index (κ3) is 3.26. The number of hydrogen-bond donors (Lipinski definition) is 0. The van der Waals surface area contributed by atoms with Crippen LogP contribution in [-0.2, 0) is 0 Å². The molecular weight excluding hydrogens is 366 g/mol. The molecule has 0 atom stereocenters. The summed E-state index contributed by atoms with van der Waals surface area (Å²) in [7, 11) is 1.69. The Kier molecular flexibility index (Phi) is 5.00. The second kappa shape index (κ2) is 7.41. The van der Waals surface area contributed by atoms with E-state index in [0.29, 0.717) is 5.28 Å². The average molecular weight is 388 g/mol. The number of fused-ring (bicyclic) bond motifs is 1. The van der Waals surface area contributed by atoms with Gasteiger partial charge in [-0.2, -0.15) is 4.98 Å². The van der Waals surface area contributed by atoms with Crippen LogP contribution in [0.3, 0.4) is 0 Å². The lowest BCUT2D eigenvalue weighted by Crippen LogP contribution is -2.25. The number of anilines is 1. The van der Waals surface area contributed by atoms with Crippen molar-refractivity contribution in [3.63, 3.8) is 0 Å². The SMILES string of the molecule is COc1ccc(-c2c(C)sc3nc(Cl)nc(N4CCCCCC4)c23)cc1. The van der Waals surface area contributed by atoms with Gasteiger partial charge in [0.2, 0.25) is 5.28 Å². The summed E-state index contributed by atoms with van der Waals surface area (Å²) in [6.45, 7) is 4.20. The van der Waals surface area contributed by atoms with Crippen molar-refractivity contribution in [2.24, 2.45) is 0 Å². The van der Waals surface area contributed by atoms with Crippen molar-refractivity contribution in [3.8, 4) is 16.9 Å². The van der Waals surface area contributed by atoms with Gasteiger partial charge in [-0.05, 0) is 49.1 Å². The lowest BCUT2D eigenvalue weighted by molar-refractivity contribution is 0.415. The third-order valence-electron chi connectivity index (χ3n) is 4.97. The van der Waals surface area contributed by atoms with Gasteiger partial charge in [0, 0.05) is 23.5 Å². The molecule has 0 radical (unpaired) electrons. The second-order valence-electron chi connectivity index (χ2n) is 6.66. The molecule has 26 heavy (non-hydrogen) atoms. The highest BCUT2D eigenvalue weighted by Gasteiger charge is 2.22. The van der Waals surface area contributed by atoms with Gasteiger partial charge in [0.25, 0.3) is 0 Å². The van der Waals surface area contributed by atoms with Gasteiger partial charge in [-0.15, -0.1) is 11.3 Å². The fourth-order valence-corrected chi connectivity index (χ4v) is 4.94. The number of rotatable bonds is 3. The summed E-state index contributed by atoms with van der Waals surface area (Å²) < 4.78 is 5.31. The zero-order chi connectivity index (χ0) is 18.1. The van der Waals surface area contributed by atoms with Crippen LogP contribution in [0.25, 0.3) is 21.3 Å². The predicted octanol–water partition coefficient (Wildman–Crippen LogP) is 5.71. The minimum absolute atomic E-state index is 0.333. The maximum Gasteiger partial charge on any atom is 0.225 e. The number of thiophene rings is 1. The van der Waals surface area contributed by atoms with Crippen LogP contribution in [0.4, 0.5) is 5.82 Å². The van der Waals surface area contributed by atoms with Crippen molar-refractivity contribution in [1.29, 1.82) is 0 Å². The molecule has 3 aromatic rings. The third-order valence-corrected chi connectivity index (χ3v) is 6.13. The highest BCUT2D eigenvalue weighted by molar-refractivity contribution is 7.19. The molecule has 1 saturated heterocycles. The summed E-state index contributed by atoms with van der Waals surface area (Å²) in [5.74, 6) is 1.84. The van der Waals surface area contributed by atoms with Gasteiger partial charge in [-0.3, -0.25) is 0 Å². The first-order valence-corrected chi connectivity index (χ1v) is 10.2. The van der Waals surface area contributed by atoms with Gasteiger partial charge in [0.1, 0.15) is 16.4 Å². The maximum absolute atomic E-state index is 6.27. The minimum atomic E-state index is 0.333. The fraction of sp³-hybridized carbons (Fsp3) is 0.400. The topological polar surface area (TPSA) is 38.3 Å². The summed E-state index contributed by atoms with van der Waals surface area (Å²) in [6, 6.07) is 8.21. The number of aromatic nitrogens is 2. The van der Waals surface area contributed by atoms with Crippen molar-refractivity contribution in [2.75, 3.05) is 25.1 Å². The highest BCUT2D eigenvalue weighted by atomic mass is 35.5. The molecule has 1 fully saturated rings. The van der Waals surface area contributed by atoms with Crippen LogP contribution in [-0.4, -0.2) is 30.2 Å². The molecule has 0 unspecified atom stereocenters. The Morgan fingerprint density at radius 2 is 1.73 bits per heavy atom. The maximum atomic E-state index is 6.27. The van der Waals surface area contributed by atoms with E-state index in [-0.39, 0.29) is 0 Å². The molecule has 0 amide bonds. The average Bonchev–Trinajstić information content (AvgIpc) is 2.82. The van der Waals surface area contributed by atoms with E-state index in [1.54, 1.807) is 18.4 Å². The number of ether oxygens (including phenoxy) is 1. The van der Waals surface area contributed by atoms with E-state index in [4.69, 9.17) is 16.3 Å². The molecule has 0 N–H and O–H groups in total. The van der Waals surface area contributed by atoms with E-state index in [1.165, 1.54) is 36.1 Å². The number of halogens is 1. The Balaban J connectivity index is 1.90. The van der Waals surface area contributed by atoms with E-state index in [2.05, 4.69) is 33.9 Å². The van der Waals surface area contributed by atoms with E-state index < -0.39 is 0 Å². The molecule has 2 aromatic heterocycles. The molecule has 136 valence electrons. The summed E-state index contributed by atoms with van der Waals surface area (Å²) in [4.78, 5) is 13.8. The summed E-state index contributed by atoms with van der Waals surface area (Å²) in [5, 5.41) is 1.46. The van der Waals surface area contributed by atoms with Gasteiger partial charge in [0.05, 0.1) is 12.5 Å². The first-order chi connectivity index (χ1) is 12.7. The van der Waals surface area contributed by atoms with Gasteiger partial charge < -0.3 is 9.64 Å². The number of methoxy groups -OCH3 is 1. The molecule has 0 saturated carbocycles. The fourth-order valence-electron chi connectivity index (χ4n) is 3.68. The van der Waals surface area contributed by atoms with Crippen molar-refractivity contribution in [2.45, 2.75) is 32.6 Å². The van der Waals surface area contributed by atoms with E-state index in [9.17, 15) is 0 Å². The quantitative estimate of drug-likeness (QED) is 0.539. The van der Waals surface area contributed by atoms with Crippen LogP contribution in [0.1, 0.15) is 30.6 Å². The predicted molar refractivity (Wildman–Crippen MR) is 110 cm³/mol. The number of hydrogen-bond acceptors (Lipinski definition) is 5. The number of aryl methyl sites for hydroxylation is 1. The van der Waals surface area contributed by atoms with Crippen molar-refractivity contribution < 1.29 is 4.74 Å². The lowest BCUT2D eigenvalue weighted by Gasteiger charge is -2.23. The zero-order valence-electron chi connectivity index (χ0n) is 15.1. The van der Waals surface area contributed by atoms with Crippen LogP contribution < -0.4 is 9.64 Å². The molecule has 4 rings (SSSR count). The van der Waals surface area contributed by atoms with E-state index in [0.717, 1.165) is 40.4 Å². The summed E-state index contributed by atoms with van der Waals surface area (Å²) in [6.07, 6.45) is 4.97. The van der Waals surface area contributed by atoms with Gasteiger partial charge >= 0.3 is 0 Å². The Labute approximate surface area is 162 Å². The first kappa shape index (κ1) is 17.6. The molecule has 6 heteroatoms. The van der Waals surface area contributed by atoms with Crippen LogP contribution >= 0.6 is 22.9 Å². The normalized spacial score (nSPS) is 15.3. The van der Waals surface area contributed by atoms with Gasteiger partial charge in [0.15, 0.2) is 0 Å². The van der Waals surface area contributed by atoms with Crippen LogP contribution in [0.2, 0.25) is 5.28 Å². The van der Waals surface area contributed by atoms with E-state index in [1.807, 2.05) is 12.1 Å². The van der Waals surface area contributed by atoms with Crippen LogP contribution in [0.5, 0.6) is 5.75 Å². The molecule has 0 bridgehead atoms. The molecule has 0 aliphatic carbocycles. The summed E-state index contributed by atoms with van der Waals surface area (Å²) >= 11 is 7.96. The zero-order valence-corrected chi connectivity index (χ0v) is 16.7. The van der Waals surface area contributed by atoms with Crippen molar-refractivity contribution in [3.05, 3.63) is 34.4 Å². The van der Waals surface area contributed by atoms with Crippen LogP contribution in [0, 0.1) is 6.92 Å². The molecule has 1 aliphatic rings. The first-order valence-electron chi connectivity index (χ1n) is 9.03. The molecule has 0 spiro atoms. The van der Waals surface area contributed by atoms with Gasteiger partial charge in [-0.25, -0.2) is 4.98 Å². The monoisotopic (exact) mass is 387 g/mol.